The summed E-state index contributed by atoms with van der Waals surface area (Å²) in [5.74, 6) is -0.675. The average Bonchev–Trinajstić information content (AvgIpc) is 3.63. The van der Waals surface area contributed by atoms with Gasteiger partial charge >= 0.3 is 39.5 Å². The van der Waals surface area contributed by atoms with E-state index in [1.54, 1.807) is 0 Å². The van der Waals surface area contributed by atoms with Gasteiger partial charge in [-0.05, 0) is 37.5 Å². The van der Waals surface area contributed by atoms with E-state index in [4.69, 9.17) is 37.0 Å². The molecule has 88 heavy (non-hydrogen) atoms. The third-order valence-electron chi connectivity index (χ3n) is 16.0. The third kappa shape index (κ3) is 62.8. The smallest absolute Gasteiger partial charge is 0.462 e. The summed E-state index contributed by atoms with van der Waals surface area (Å²) in [6.45, 7) is 9.46. The zero-order valence-corrected chi connectivity index (χ0v) is 58.8. The van der Waals surface area contributed by atoms with Crippen LogP contribution in [0.25, 0.3) is 0 Å². The second kappa shape index (κ2) is 61.3. The average molecular weight is 1300 g/mol. The Labute approximate surface area is 537 Å². The number of phosphoric acid groups is 2. The predicted molar refractivity (Wildman–Crippen MR) is 354 cm³/mol. The summed E-state index contributed by atoms with van der Waals surface area (Å²) in [7, 11) is -9.90. The van der Waals surface area contributed by atoms with E-state index >= 15 is 0 Å². The van der Waals surface area contributed by atoms with Gasteiger partial charge < -0.3 is 33.8 Å². The molecule has 0 rings (SSSR count). The lowest BCUT2D eigenvalue weighted by atomic mass is 10.0. The summed E-state index contributed by atoms with van der Waals surface area (Å²) in [6, 6.07) is 0. The molecule has 0 aromatic rings. The second-order valence-electron chi connectivity index (χ2n) is 25.9. The molecular formula is C69H134O17P2. The highest BCUT2D eigenvalue weighted by molar-refractivity contribution is 7.47. The Bertz CT molecular complexity index is 1720. The minimum atomic E-state index is -4.95. The number of hydrogen-bond acceptors (Lipinski definition) is 15. The largest absolute Gasteiger partial charge is 0.472 e. The zero-order valence-electron chi connectivity index (χ0n) is 57.0. The van der Waals surface area contributed by atoms with Gasteiger partial charge in [0, 0.05) is 25.7 Å². The number of carbonyl (C=O) groups is 4. The van der Waals surface area contributed by atoms with Crippen LogP contribution in [0.5, 0.6) is 0 Å². The molecule has 2 unspecified atom stereocenters. The van der Waals surface area contributed by atoms with Crippen molar-refractivity contribution in [3.05, 3.63) is 0 Å². The number of esters is 4. The number of rotatable bonds is 68. The Kier molecular flexibility index (Phi) is 59.9. The molecule has 17 nitrogen and oxygen atoms in total. The fraction of sp³-hybridized carbons (Fsp3) is 0.942. The molecule has 3 N–H and O–H groups in total. The molecule has 0 saturated carbocycles. The highest BCUT2D eigenvalue weighted by atomic mass is 31.2. The van der Waals surface area contributed by atoms with Crippen molar-refractivity contribution in [2.45, 2.75) is 368 Å². The Morgan fingerprint density at radius 2 is 0.523 bits per heavy atom. The van der Waals surface area contributed by atoms with Gasteiger partial charge in [0.2, 0.25) is 0 Å². The van der Waals surface area contributed by atoms with Gasteiger partial charge in [-0.2, -0.15) is 0 Å². The van der Waals surface area contributed by atoms with Crippen LogP contribution in [0.2, 0.25) is 0 Å². The molecule has 0 heterocycles. The number of unbranched alkanes of at least 4 members (excludes halogenated alkanes) is 38. The number of aliphatic hydroxyl groups is 1. The lowest BCUT2D eigenvalue weighted by Gasteiger charge is -2.21. The van der Waals surface area contributed by atoms with Gasteiger partial charge in [0.05, 0.1) is 26.4 Å². The number of aliphatic hydroxyl groups excluding tert-OH is 1. The Morgan fingerprint density at radius 3 is 0.773 bits per heavy atom. The Balaban J connectivity index is 5.23. The van der Waals surface area contributed by atoms with Crippen molar-refractivity contribution in [3.8, 4) is 0 Å². The van der Waals surface area contributed by atoms with Crippen LogP contribution in [-0.2, 0) is 65.4 Å². The SMILES string of the molecule is CCCCCCCCCCCCCCCCCC(=O)O[C@H](COC(=O)CCCCCCCCCCCCCC(C)C)COP(=O)(O)OC[C@@H](O)COP(=O)(O)OC[C@@H](COC(=O)CCCCCCCCC(C)C)OC(=O)CCCCCCCCCCCC. The monoisotopic (exact) mass is 1300 g/mol. The first-order valence-corrected chi connectivity index (χ1v) is 39.0. The molecule has 0 saturated heterocycles. The first-order chi connectivity index (χ1) is 42.4. The molecule has 0 fully saturated rings. The zero-order chi connectivity index (χ0) is 65.0. The van der Waals surface area contributed by atoms with Crippen molar-refractivity contribution >= 4 is 39.5 Å². The topological polar surface area (TPSA) is 237 Å². The van der Waals surface area contributed by atoms with E-state index in [1.807, 2.05) is 0 Å². The van der Waals surface area contributed by atoms with E-state index in [9.17, 15) is 43.2 Å². The van der Waals surface area contributed by atoms with Gasteiger partial charge in [-0.1, -0.05) is 298 Å². The number of carbonyl (C=O) groups excluding carboxylic acids is 4. The molecule has 5 atom stereocenters. The highest BCUT2D eigenvalue weighted by Gasteiger charge is 2.30. The van der Waals surface area contributed by atoms with Crippen LogP contribution in [0, 0.1) is 11.8 Å². The lowest BCUT2D eigenvalue weighted by molar-refractivity contribution is -0.161. The second-order valence-corrected chi connectivity index (χ2v) is 28.8. The summed E-state index contributed by atoms with van der Waals surface area (Å²) in [4.78, 5) is 72.4. The first kappa shape index (κ1) is 86.1. The lowest BCUT2D eigenvalue weighted by Crippen LogP contribution is -2.30. The van der Waals surface area contributed by atoms with Crippen molar-refractivity contribution in [1.29, 1.82) is 0 Å². The molecule has 0 spiro atoms. The van der Waals surface area contributed by atoms with Gasteiger partial charge in [0.25, 0.3) is 0 Å². The van der Waals surface area contributed by atoms with Crippen LogP contribution in [-0.4, -0.2) is 96.7 Å². The van der Waals surface area contributed by atoms with Gasteiger partial charge in [-0.25, -0.2) is 9.13 Å². The minimum absolute atomic E-state index is 0.105. The summed E-state index contributed by atoms with van der Waals surface area (Å²) in [5, 5.41) is 10.6. The van der Waals surface area contributed by atoms with Crippen molar-refractivity contribution < 1.29 is 80.2 Å². The maximum Gasteiger partial charge on any atom is 0.472 e. The molecule has 522 valence electrons. The number of hydrogen-bond donors (Lipinski definition) is 3. The fourth-order valence-electron chi connectivity index (χ4n) is 10.4. The predicted octanol–water partition coefficient (Wildman–Crippen LogP) is 19.6. The number of phosphoric ester groups is 2. The summed E-state index contributed by atoms with van der Waals surface area (Å²) < 4.78 is 68.2. The molecule has 0 aromatic heterocycles. The van der Waals surface area contributed by atoms with Crippen molar-refractivity contribution in [1.82, 2.24) is 0 Å². The van der Waals surface area contributed by atoms with Crippen LogP contribution >= 0.6 is 15.6 Å². The fourth-order valence-corrected chi connectivity index (χ4v) is 12.0. The maximum absolute atomic E-state index is 13.0. The van der Waals surface area contributed by atoms with Crippen LogP contribution in [0.15, 0.2) is 0 Å². The molecule has 0 aromatic carbocycles. The normalized spacial score (nSPS) is 14.2. The van der Waals surface area contributed by atoms with Gasteiger partial charge in [0.1, 0.15) is 19.3 Å². The molecule has 0 aliphatic carbocycles. The van der Waals surface area contributed by atoms with E-state index in [2.05, 4.69) is 41.5 Å². The van der Waals surface area contributed by atoms with E-state index in [-0.39, 0.29) is 25.7 Å². The van der Waals surface area contributed by atoms with E-state index in [0.717, 1.165) is 102 Å². The van der Waals surface area contributed by atoms with Gasteiger partial charge in [-0.15, -0.1) is 0 Å². The Morgan fingerprint density at radius 1 is 0.307 bits per heavy atom. The molecular weight excluding hydrogens is 1160 g/mol. The maximum atomic E-state index is 13.0. The van der Waals surface area contributed by atoms with Crippen LogP contribution in [0.4, 0.5) is 0 Å². The van der Waals surface area contributed by atoms with Crippen molar-refractivity contribution in [2.24, 2.45) is 11.8 Å². The molecule has 19 heteroatoms. The van der Waals surface area contributed by atoms with E-state index in [1.165, 1.54) is 161 Å². The van der Waals surface area contributed by atoms with Crippen LogP contribution in [0.1, 0.15) is 350 Å². The highest BCUT2D eigenvalue weighted by Crippen LogP contribution is 2.45. The summed E-state index contributed by atoms with van der Waals surface area (Å²) in [6.07, 6.45) is 45.9. The number of ether oxygens (including phenoxy) is 4. The minimum Gasteiger partial charge on any atom is -0.462 e. The van der Waals surface area contributed by atoms with Crippen LogP contribution < -0.4 is 0 Å². The van der Waals surface area contributed by atoms with Crippen molar-refractivity contribution in [2.75, 3.05) is 39.6 Å². The van der Waals surface area contributed by atoms with Crippen LogP contribution in [0.3, 0.4) is 0 Å². The molecule has 0 aliphatic heterocycles. The molecule has 0 amide bonds. The standard InChI is InChI=1S/C69H134O17P2/c1-7-9-11-13-15-17-19-20-21-22-25-30-34-42-48-54-69(74)85-64(57-79-66(71)51-45-39-32-29-26-23-24-27-31-37-43-49-61(3)4)59-83-87(75,76)81-55-63(70)56-82-88(77,78)84-60-65(58-80-67(72)52-46-40-36-35-38-44-50-62(5)6)86-68(73)53-47-41-33-28-18-16-14-12-10-8-2/h61-65,70H,7-60H2,1-6H3,(H,75,76)(H,77,78)/t63-,64-,65-/m1/s1. The quantitative estimate of drug-likeness (QED) is 0.0222. The third-order valence-corrected chi connectivity index (χ3v) is 17.9. The van der Waals surface area contributed by atoms with Crippen molar-refractivity contribution in [3.63, 3.8) is 0 Å². The molecule has 0 radical (unpaired) electrons. The molecule has 0 bridgehead atoms. The first-order valence-electron chi connectivity index (χ1n) is 36.0. The summed E-state index contributed by atoms with van der Waals surface area (Å²) >= 11 is 0. The Hall–Kier alpha value is -1.94. The van der Waals surface area contributed by atoms with E-state index < -0.39 is 97.5 Å². The van der Waals surface area contributed by atoms with Gasteiger partial charge in [-0.3, -0.25) is 37.3 Å². The summed E-state index contributed by atoms with van der Waals surface area (Å²) in [5.41, 5.74) is 0. The van der Waals surface area contributed by atoms with E-state index in [0.29, 0.717) is 31.6 Å². The molecule has 0 aliphatic rings. The van der Waals surface area contributed by atoms with Gasteiger partial charge in [0.15, 0.2) is 12.2 Å².